The Balaban J connectivity index is 0.000000251. The summed E-state index contributed by atoms with van der Waals surface area (Å²) in [5, 5.41) is 19.2. The summed E-state index contributed by atoms with van der Waals surface area (Å²) in [6, 6.07) is 14.3. The summed E-state index contributed by atoms with van der Waals surface area (Å²) in [5.41, 5.74) is 5.85. The molecule has 6 rings (SSSR count). The van der Waals surface area contributed by atoms with Crippen molar-refractivity contribution in [3.05, 3.63) is 76.3 Å². The van der Waals surface area contributed by atoms with E-state index < -0.39 is 0 Å². The fraction of sp³-hybridized carbons (Fsp3) is 0.415. The number of hydrogen-bond acceptors (Lipinski definition) is 6. The van der Waals surface area contributed by atoms with Gasteiger partial charge in [0.2, 0.25) is 0 Å². The fourth-order valence-corrected chi connectivity index (χ4v) is 8.18. The number of nitrogens with zero attached hydrogens (tertiary/aromatic N) is 1. The largest absolute Gasteiger partial charge is 0.512 e. The fourth-order valence-electron chi connectivity index (χ4n) is 6.00. The summed E-state index contributed by atoms with van der Waals surface area (Å²) < 4.78 is 8.84. The van der Waals surface area contributed by atoms with Crippen LogP contribution >= 0.6 is 22.7 Å². The SMILES string of the molecule is CCC(C)(CC)C(=O)/C=C(\O)C(C)(CC)CC.Cc1csc2c1ccc1oc3ccnc(-c4[c-]c5ccsc5c(C(C)(C)C)c4)c3c12.[Ir]. The number of thiophene rings is 2. The maximum atomic E-state index is 12.2. The molecule has 4 aromatic heterocycles. The van der Waals surface area contributed by atoms with Crippen LogP contribution in [0.3, 0.4) is 0 Å². The monoisotopic (exact) mass is 859 g/mol. The second-order valence-corrected chi connectivity index (χ2v) is 16.1. The van der Waals surface area contributed by atoms with Crippen LogP contribution in [0, 0.1) is 23.8 Å². The number of aryl methyl sites for hydroxylation is 1. The van der Waals surface area contributed by atoms with E-state index in [0.29, 0.717) is 0 Å². The third-order valence-corrected chi connectivity index (χ3v) is 12.5. The molecule has 0 saturated carbocycles. The van der Waals surface area contributed by atoms with Crippen LogP contribution in [0.1, 0.15) is 99.1 Å². The Morgan fingerprint density at radius 3 is 2.17 bits per heavy atom. The van der Waals surface area contributed by atoms with E-state index in [1.165, 1.54) is 37.4 Å². The minimum atomic E-state index is -0.337. The van der Waals surface area contributed by atoms with Crippen molar-refractivity contribution in [3.8, 4) is 11.3 Å². The molecule has 7 heteroatoms. The van der Waals surface area contributed by atoms with E-state index in [0.717, 1.165) is 58.9 Å². The Morgan fingerprint density at radius 1 is 0.896 bits per heavy atom. The van der Waals surface area contributed by atoms with Crippen molar-refractivity contribution in [3.63, 3.8) is 0 Å². The third kappa shape index (κ3) is 6.94. The van der Waals surface area contributed by atoms with Crippen LogP contribution in [0.25, 0.3) is 53.4 Å². The normalized spacial score (nSPS) is 12.8. The van der Waals surface area contributed by atoms with Gasteiger partial charge >= 0.3 is 0 Å². The molecule has 48 heavy (non-hydrogen) atoms. The number of carbonyl (C=O) groups is 1. The van der Waals surface area contributed by atoms with Gasteiger partial charge in [-0.15, -0.1) is 34.9 Å². The Hall–Kier alpha value is -2.83. The Morgan fingerprint density at radius 2 is 1.54 bits per heavy atom. The molecule has 0 unspecified atom stereocenters. The van der Waals surface area contributed by atoms with Crippen molar-refractivity contribution < 1.29 is 34.4 Å². The van der Waals surface area contributed by atoms with Gasteiger partial charge in [0.25, 0.3) is 0 Å². The number of aliphatic hydroxyl groups is 1. The molecule has 0 bridgehead atoms. The molecule has 2 aromatic carbocycles. The molecule has 4 nitrogen and oxygen atoms in total. The number of carbonyl (C=O) groups excluding carboxylic acids is 1. The van der Waals surface area contributed by atoms with Crippen LogP contribution in [0.4, 0.5) is 0 Å². The molecule has 0 spiro atoms. The van der Waals surface area contributed by atoms with E-state index in [-0.39, 0.29) is 47.9 Å². The second kappa shape index (κ2) is 14.6. The molecular weight excluding hydrogens is 811 g/mol. The molecule has 0 aliphatic rings. The third-order valence-electron chi connectivity index (χ3n) is 10.4. The molecule has 4 heterocycles. The van der Waals surface area contributed by atoms with Crippen molar-refractivity contribution in [2.45, 2.75) is 100 Å². The van der Waals surface area contributed by atoms with Crippen LogP contribution in [0.5, 0.6) is 0 Å². The van der Waals surface area contributed by atoms with Gasteiger partial charge in [-0.25, -0.2) is 0 Å². The van der Waals surface area contributed by atoms with Crippen molar-refractivity contribution in [1.29, 1.82) is 0 Å². The van der Waals surface area contributed by atoms with Gasteiger partial charge in [-0.05, 0) is 82.6 Å². The predicted molar refractivity (Wildman–Crippen MR) is 203 cm³/mol. The van der Waals surface area contributed by atoms with Crippen LogP contribution in [0.15, 0.2) is 63.5 Å². The molecule has 0 amide bonds. The van der Waals surface area contributed by atoms with Crippen molar-refractivity contribution >= 4 is 70.6 Å². The standard InChI is InChI=1S/C26H20NOS2.C15H28O2.Ir/c1-14-13-30-25-17(14)5-6-19-22(25)21-20(28-19)7-9-27-23(21)16-11-15-8-10-29-24(15)18(12-16)26(2,3)4;1-7-14(5,8-2)12(16)11-13(17)15(6,9-3)10-4;/h5-10,12-13H,1-4H3;11,16H,7-10H2,1-6H3;/q-1;;/b;12-11-;. The van der Waals surface area contributed by atoms with Gasteiger partial charge in [0.15, 0.2) is 5.78 Å². The van der Waals surface area contributed by atoms with E-state index >= 15 is 0 Å². The number of aromatic nitrogens is 1. The zero-order chi connectivity index (χ0) is 34.3. The van der Waals surface area contributed by atoms with Crippen LogP contribution < -0.4 is 0 Å². The van der Waals surface area contributed by atoms with E-state index in [2.05, 4.69) is 68.8 Å². The van der Waals surface area contributed by atoms with E-state index in [9.17, 15) is 9.90 Å². The molecule has 1 N–H and O–H groups in total. The summed E-state index contributed by atoms with van der Waals surface area (Å²) in [5.74, 6) is 0.286. The molecule has 6 aromatic rings. The molecule has 1 radical (unpaired) electrons. The predicted octanol–water partition coefficient (Wildman–Crippen LogP) is 13.1. The average molecular weight is 859 g/mol. The molecule has 257 valence electrons. The van der Waals surface area contributed by atoms with Gasteiger partial charge in [0, 0.05) is 64.4 Å². The number of aliphatic hydroxyl groups excluding tert-OH is 1. The summed E-state index contributed by atoms with van der Waals surface area (Å²) in [7, 11) is 0. The first-order valence-electron chi connectivity index (χ1n) is 16.8. The van der Waals surface area contributed by atoms with Gasteiger partial charge < -0.3 is 9.52 Å². The number of fused-ring (bicyclic) bond motifs is 6. The smallest absolute Gasteiger partial charge is 0.164 e. The van der Waals surface area contributed by atoms with Gasteiger partial charge in [-0.1, -0.05) is 73.4 Å². The zero-order valence-corrected chi connectivity index (χ0v) is 33.9. The molecule has 0 atom stereocenters. The summed E-state index contributed by atoms with van der Waals surface area (Å²) in [6.45, 7) is 21.1. The van der Waals surface area contributed by atoms with Crippen molar-refractivity contribution in [1.82, 2.24) is 4.98 Å². The number of hydrogen-bond donors (Lipinski definition) is 1. The summed E-state index contributed by atoms with van der Waals surface area (Å²) in [6.07, 6.45) is 6.60. The van der Waals surface area contributed by atoms with E-state index in [1.54, 1.807) is 22.7 Å². The number of pyridine rings is 1. The van der Waals surface area contributed by atoms with Crippen LogP contribution in [0.2, 0.25) is 0 Å². The van der Waals surface area contributed by atoms with E-state index in [1.807, 2.05) is 53.8 Å². The number of allylic oxidation sites excluding steroid dienone is 2. The Labute approximate surface area is 307 Å². The summed E-state index contributed by atoms with van der Waals surface area (Å²) in [4.78, 5) is 17.0. The Kier molecular flexibility index (Phi) is 11.5. The number of furan rings is 1. The maximum Gasteiger partial charge on any atom is 0.164 e. The molecule has 0 aliphatic carbocycles. The molecule has 0 aliphatic heterocycles. The van der Waals surface area contributed by atoms with Crippen LogP contribution in [-0.4, -0.2) is 15.9 Å². The first-order valence-corrected chi connectivity index (χ1v) is 18.5. The number of benzene rings is 2. The van der Waals surface area contributed by atoms with Gasteiger partial charge in [-0.2, -0.15) is 11.3 Å². The van der Waals surface area contributed by atoms with E-state index in [4.69, 9.17) is 9.40 Å². The van der Waals surface area contributed by atoms with Gasteiger partial charge in [0.1, 0.15) is 16.9 Å². The van der Waals surface area contributed by atoms with Gasteiger partial charge in [0.05, 0.1) is 0 Å². The summed E-state index contributed by atoms with van der Waals surface area (Å²) >= 11 is 3.57. The number of ketones is 1. The zero-order valence-electron chi connectivity index (χ0n) is 29.9. The molecular formula is C41H48IrNO3S2-. The average Bonchev–Trinajstić information content (AvgIpc) is 3.79. The quantitative estimate of drug-likeness (QED) is 0.0941. The van der Waals surface area contributed by atoms with Crippen molar-refractivity contribution in [2.75, 3.05) is 0 Å². The first kappa shape index (κ1) is 38.0. The first-order chi connectivity index (χ1) is 22.2. The molecule has 0 saturated heterocycles. The topological polar surface area (TPSA) is 63.3 Å². The second-order valence-electron chi connectivity index (χ2n) is 14.3. The molecule has 0 fully saturated rings. The Bertz CT molecular complexity index is 2100. The van der Waals surface area contributed by atoms with Crippen molar-refractivity contribution in [2.24, 2.45) is 10.8 Å². The van der Waals surface area contributed by atoms with Crippen LogP contribution in [-0.2, 0) is 30.3 Å². The minimum Gasteiger partial charge on any atom is -0.512 e. The van der Waals surface area contributed by atoms with Gasteiger partial charge in [-0.3, -0.25) is 9.78 Å². The number of rotatable bonds is 8. The maximum absolute atomic E-state index is 12.2. The minimum absolute atomic E-state index is 0.